The number of aromatic nitrogens is 2. The maximum absolute atomic E-state index is 15.0. The second-order valence-corrected chi connectivity index (χ2v) is 6.95. The van der Waals surface area contributed by atoms with E-state index in [1.165, 1.54) is 0 Å². The van der Waals surface area contributed by atoms with Gasteiger partial charge in [-0.3, -0.25) is 14.3 Å². The quantitative estimate of drug-likeness (QED) is 0.554. The van der Waals surface area contributed by atoms with Crippen LogP contribution in [0.4, 0.5) is 4.39 Å². The first kappa shape index (κ1) is 19.4. The Hall–Kier alpha value is -2.39. The van der Waals surface area contributed by atoms with Gasteiger partial charge in [-0.05, 0) is 19.1 Å². The lowest BCUT2D eigenvalue weighted by Crippen LogP contribution is -2.43. The molecule has 144 valence electrons. The summed E-state index contributed by atoms with van der Waals surface area (Å²) in [7, 11) is -2.58. The van der Waals surface area contributed by atoms with E-state index in [9.17, 15) is 23.7 Å². The van der Waals surface area contributed by atoms with E-state index in [1.807, 2.05) is 4.98 Å². The molecule has 2 N–H and O–H groups in total. The van der Waals surface area contributed by atoms with Crippen LogP contribution in [0.2, 0.25) is 0 Å². The lowest BCUT2D eigenvalue weighted by Gasteiger charge is -2.24. The average molecular weight is 400 g/mol. The second-order valence-electron chi connectivity index (χ2n) is 6.06. The predicted octanol–water partition coefficient (Wildman–Crippen LogP) is 1.28. The maximum atomic E-state index is 15.0. The molecule has 0 amide bonds. The molecule has 1 aromatic carbocycles. The summed E-state index contributed by atoms with van der Waals surface area (Å²) in [6.07, 6.45) is -3.31. The smallest absolute Gasteiger partial charge is 0.387 e. The zero-order valence-electron chi connectivity index (χ0n) is 14.1. The van der Waals surface area contributed by atoms with Crippen LogP contribution in [-0.2, 0) is 13.8 Å². The number of para-hydroxylation sites is 1. The van der Waals surface area contributed by atoms with Gasteiger partial charge in [0.1, 0.15) is 18.8 Å². The summed E-state index contributed by atoms with van der Waals surface area (Å²) in [4.78, 5) is 25.0. The minimum absolute atomic E-state index is 0.319. The summed E-state index contributed by atoms with van der Waals surface area (Å²) in [6, 6.07) is 9.31. The van der Waals surface area contributed by atoms with Crippen LogP contribution in [0, 0.1) is 0 Å². The lowest BCUT2D eigenvalue weighted by atomic mass is 10.0. The largest absolute Gasteiger partial charge is 0.750 e. The number of aliphatic hydroxyl groups excluding tert-OH is 1. The van der Waals surface area contributed by atoms with Crippen molar-refractivity contribution in [2.75, 3.05) is 6.61 Å². The van der Waals surface area contributed by atoms with Crippen LogP contribution in [0.25, 0.3) is 0 Å². The third-order valence-electron chi connectivity index (χ3n) is 4.09. The molecule has 1 fully saturated rings. The molecule has 0 radical (unpaired) electrons. The van der Waals surface area contributed by atoms with E-state index in [1.54, 1.807) is 30.3 Å². The number of nitrogens with zero attached hydrogens (tertiary/aromatic N) is 1. The SMILES string of the molecule is [13CH3][C@@]1(F)[C@H](O)[C@@H](CO[P+](=O)Oc2ccccc2)O[C@H]1n1ccc(=O)[nH]c1=O. The highest BCUT2D eigenvalue weighted by molar-refractivity contribution is 7.33. The summed E-state index contributed by atoms with van der Waals surface area (Å²) in [5.74, 6) is 0.319. The molecule has 0 aliphatic carbocycles. The summed E-state index contributed by atoms with van der Waals surface area (Å²) < 4.78 is 43.1. The number of halogens is 1. The average Bonchev–Trinajstić information content (AvgIpc) is 2.84. The first-order valence-electron chi connectivity index (χ1n) is 7.96. The van der Waals surface area contributed by atoms with Crippen LogP contribution in [0.3, 0.4) is 0 Å². The lowest BCUT2D eigenvalue weighted by molar-refractivity contribution is -0.0586. The van der Waals surface area contributed by atoms with Crippen molar-refractivity contribution >= 4 is 8.25 Å². The fourth-order valence-electron chi connectivity index (χ4n) is 2.69. The van der Waals surface area contributed by atoms with Crippen molar-refractivity contribution in [1.82, 2.24) is 9.55 Å². The number of alkyl halides is 1. The summed E-state index contributed by atoms with van der Waals surface area (Å²) >= 11 is 0. The summed E-state index contributed by atoms with van der Waals surface area (Å²) in [5, 5.41) is 10.2. The van der Waals surface area contributed by atoms with Gasteiger partial charge in [0.2, 0.25) is 0 Å². The minimum Gasteiger partial charge on any atom is -0.387 e. The minimum atomic E-state index is -2.58. The Balaban J connectivity index is 1.68. The molecule has 11 heteroatoms. The van der Waals surface area contributed by atoms with Crippen LogP contribution in [0.1, 0.15) is 13.2 Å². The van der Waals surface area contributed by atoms with E-state index in [-0.39, 0.29) is 0 Å². The first-order valence-corrected chi connectivity index (χ1v) is 9.05. The molecule has 1 unspecified atom stereocenters. The Labute approximate surface area is 153 Å². The molecule has 1 aliphatic heterocycles. The molecule has 27 heavy (non-hydrogen) atoms. The van der Waals surface area contributed by atoms with E-state index in [2.05, 4.69) is 0 Å². The highest BCUT2D eigenvalue weighted by atomic mass is 31.1. The van der Waals surface area contributed by atoms with E-state index >= 15 is 0 Å². The van der Waals surface area contributed by atoms with E-state index in [0.717, 1.165) is 23.8 Å². The highest BCUT2D eigenvalue weighted by Crippen LogP contribution is 2.41. The van der Waals surface area contributed by atoms with Gasteiger partial charge >= 0.3 is 13.9 Å². The fourth-order valence-corrected chi connectivity index (χ4v) is 3.31. The van der Waals surface area contributed by atoms with Crippen LogP contribution >= 0.6 is 8.25 Å². The number of benzene rings is 1. The third kappa shape index (κ3) is 4.14. The number of ether oxygens (including phenoxy) is 1. The summed E-state index contributed by atoms with van der Waals surface area (Å²) in [5.41, 5.74) is -3.89. The van der Waals surface area contributed by atoms with E-state index in [4.69, 9.17) is 13.8 Å². The molecule has 3 rings (SSSR count). The molecule has 5 atom stereocenters. The molecule has 0 saturated carbocycles. The van der Waals surface area contributed by atoms with Gasteiger partial charge in [0, 0.05) is 16.8 Å². The van der Waals surface area contributed by atoms with Gasteiger partial charge in [0.25, 0.3) is 5.56 Å². The van der Waals surface area contributed by atoms with Gasteiger partial charge in [-0.1, -0.05) is 18.2 Å². The van der Waals surface area contributed by atoms with Crippen molar-refractivity contribution in [3.63, 3.8) is 0 Å². The van der Waals surface area contributed by atoms with Gasteiger partial charge in [0.15, 0.2) is 17.6 Å². The normalized spacial score (nSPS) is 28.1. The zero-order chi connectivity index (χ0) is 19.6. The number of aliphatic hydroxyl groups is 1. The van der Waals surface area contributed by atoms with Crippen molar-refractivity contribution < 1.29 is 27.8 Å². The predicted molar refractivity (Wildman–Crippen MR) is 91.4 cm³/mol. The van der Waals surface area contributed by atoms with Crippen molar-refractivity contribution in [3.05, 3.63) is 63.4 Å². The van der Waals surface area contributed by atoms with Gasteiger partial charge in [-0.25, -0.2) is 13.7 Å². The number of hydrogen-bond donors (Lipinski definition) is 2. The Bertz CT molecular complexity index is 930. The Morgan fingerprint density at radius 3 is 2.70 bits per heavy atom. The van der Waals surface area contributed by atoms with Crippen LogP contribution in [-0.4, -0.2) is 39.1 Å². The molecule has 0 spiro atoms. The molecule has 0 bridgehead atoms. The monoisotopic (exact) mass is 400 g/mol. The van der Waals surface area contributed by atoms with Crippen LogP contribution in [0.5, 0.6) is 5.75 Å². The Morgan fingerprint density at radius 2 is 2.04 bits per heavy atom. The number of hydrogen-bond acceptors (Lipinski definition) is 7. The van der Waals surface area contributed by atoms with E-state index < -0.39 is 50.2 Å². The van der Waals surface area contributed by atoms with E-state index in [0.29, 0.717) is 5.75 Å². The highest BCUT2D eigenvalue weighted by Gasteiger charge is 2.56. The second kappa shape index (κ2) is 7.69. The molecule has 9 nitrogen and oxygen atoms in total. The number of rotatable bonds is 6. The maximum Gasteiger partial charge on any atom is 0.750 e. The van der Waals surface area contributed by atoms with Crippen molar-refractivity contribution in [2.45, 2.75) is 31.0 Å². The fraction of sp³-hybridized carbons (Fsp3) is 0.375. The molecular weight excluding hydrogens is 383 g/mol. The first-order chi connectivity index (χ1) is 12.8. The van der Waals surface area contributed by atoms with Gasteiger partial charge in [-0.2, -0.15) is 0 Å². The van der Waals surface area contributed by atoms with Gasteiger partial charge in [0.05, 0.1) is 0 Å². The molecule has 1 aliphatic rings. The van der Waals surface area contributed by atoms with Gasteiger partial charge in [-0.15, -0.1) is 4.52 Å². The number of H-pyrrole nitrogens is 1. The van der Waals surface area contributed by atoms with Crippen molar-refractivity contribution in [3.8, 4) is 5.75 Å². The Morgan fingerprint density at radius 1 is 1.33 bits per heavy atom. The topological polar surface area (TPSA) is 120 Å². The number of aromatic amines is 1. The van der Waals surface area contributed by atoms with Crippen LogP contribution < -0.4 is 15.8 Å². The molecule has 2 heterocycles. The zero-order valence-corrected chi connectivity index (χ0v) is 15.0. The van der Waals surface area contributed by atoms with Crippen molar-refractivity contribution in [2.24, 2.45) is 0 Å². The summed E-state index contributed by atoms with van der Waals surface area (Å²) in [6.45, 7) is 0.623. The number of nitrogens with one attached hydrogen (secondary N) is 1. The molecular formula is C16H17FN2O7P+. The van der Waals surface area contributed by atoms with Gasteiger partial charge < -0.3 is 9.84 Å². The van der Waals surface area contributed by atoms with Crippen molar-refractivity contribution in [1.29, 1.82) is 0 Å². The van der Waals surface area contributed by atoms with Crippen LogP contribution in [0.15, 0.2) is 52.2 Å². The molecule has 2 aromatic rings. The Kier molecular flexibility index (Phi) is 5.52. The molecule has 1 aromatic heterocycles. The molecule has 1 saturated heterocycles. The standard InChI is InChI=1S/C16H16FN2O7P/c1-16(17)13(21)11(9-24-27(23)26-10-5-3-2-4-6-10)25-14(16)19-8-7-12(20)18-15(19)22/h2-8,11,13-14,21H,9H2,1H3/p+1/t11-,13-,14-,16-/m1/s1/i1+1. The third-order valence-corrected chi connectivity index (χ3v) is 4.81.